The zero-order valence-corrected chi connectivity index (χ0v) is 89.2. The van der Waals surface area contributed by atoms with Crippen molar-refractivity contribution in [2.75, 3.05) is 5.73 Å². The lowest BCUT2D eigenvalue weighted by Crippen LogP contribution is -2.41. The fourth-order valence-electron chi connectivity index (χ4n) is 14.2. The number of hydrogen-bond acceptors (Lipinski definition) is 26. The molecule has 25 nitrogen and oxygen atoms in total. The number of nitrogens with zero attached hydrogens (tertiary/aromatic N) is 12. The van der Waals surface area contributed by atoms with Gasteiger partial charge in [-0.1, -0.05) is 135 Å². The van der Waals surface area contributed by atoms with Crippen LogP contribution in [0.4, 0.5) is 10.2 Å². The van der Waals surface area contributed by atoms with Crippen molar-refractivity contribution in [3.63, 3.8) is 0 Å². The van der Waals surface area contributed by atoms with E-state index >= 15 is 0 Å². The summed E-state index contributed by atoms with van der Waals surface area (Å²) in [5.74, 6) is 0.886. The van der Waals surface area contributed by atoms with Crippen LogP contribution in [0.1, 0.15) is 109 Å². The zero-order valence-electron chi connectivity index (χ0n) is 79.9. The molecule has 3 N–H and O–H groups in total. The maximum atomic E-state index is 12.7. The maximum Gasteiger partial charge on any atom is 0.570 e. The number of halogens is 9. The molecule has 2 amide bonds. The number of anilines is 1. The van der Waals surface area contributed by atoms with E-state index in [0.717, 1.165) is 138 Å². The van der Waals surface area contributed by atoms with Crippen molar-refractivity contribution < 1.29 is 58.8 Å². The lowest BCUT2D eigenvalue weighted by molar-refractivity contribution is -0.135. The van der Waals surface area contributed by atoms with Crippen LogP contribution in [-0.2, 0) is 55.0 Å². The number of carbonyl (C=O) groups is 2. The fraction of sp³-hybridized carbons (Fsp3) is 0.214. The fourth-order valence-corrected chi connectivity index (χ4v) is 19.7. The highest BCUT2D eigenvalue weighted by Gasteiger charge is 2.53. The second kappa shape index (κ2) is 48.6. The van der Waals surface area contributed by atoms with Gasteiger partial charge in [0.2, 0.25) is 0 Å². The number of imide groups is 1. The SMILES string of the molecule is CC1(C)C(=O)N(Cl)C(=O)C1Cl.Cc1cc(-c2ncnc3cc(S(=O)(=O)Cc4ccon4)ccc23)c(C)cc1Cl.Cc1cc(-c2ncnc3cc(S(=O)(=O)Cl)ccc23)c(C)cc1Cl.Cc1cc(-c2ncnc3cc(SCc4ccccc4)ccc23)c(C)cc1Cl.Cc1cc(B2OC(C)(C)C(C)(C)O2)c(C)cc1Cl.Cc1nc(O[B]O)ccc1F.Clc1ncnc2cc(SCc3ccccc3)ccc12.Nc1ccon1. The molecule has 17 aromatic rings. The molecule has 1 atom stereocenters. The first-order valence-corrected chi connectivity index (χ1v) is 52.4. The molecular weight excluding hydrogens is 2060 g/mol. The minimum absolute atomic E-state index is 0.0142. The third kappa shape index (κ3) is 28.3. The van der Waals surface area contributed by atoms with Gasteiger partial charge in [-0.25, -0.2) is 66.1 Å². The molecule has 143 heavy (non-hydrogen) atoms. The number of thioether (sulfide) groups is 2. The van der Waals surface area contributed by atoms with Gasteiger partial charge < -0.3 is 33.8 Å². The normalized spacial score (nSPS) is 13.8. The number of benzene rings is 10. The molecule has 1 unspecified atom stereocenters. The number of amides is 2. The zero-order chi connectivity index (χ0) is 104. The molecule has 2 fully saturated rings. The molecule has 0 spiro atoms. The van der Waals surface area contributed by atoms with Crippen LogP contribution in [-0.4, -0.2) is 125 Å². The standard InChI is InChI=1S/C23H19ClN2S.C20H16ClN3O3S.C16H12Cl2N2O2S.C15H11ClN2S.C14H20BClO2.C6H6BFNO2.C6H7Cl2NO2.C3H4N2O/c1-15-11-21(24)16(2)10-20(15)23-19-9-8-18(12-22(19)25-14-26-23)27-13-17-6-4-3-5-7-17;1-12-8-18(21)13(2)7-17(12)20-16-4-3-15(9-19(16)22-11-23-20)28(25,26)10-14-5-6-27-24-14;1-9-6-14(17)10(2)5-13(9)16-12-4-3-11(23(18,21)22)7-15(12)19-8-20-16;16-15-13-7-6-12(8-14(13)17-10-18-15)19-9-11-4-2-1-3-5-11;1-9-8-12(16)10(2)7-11(9)15-17-13(3,4)14(5,6)18-15;1-4-5(8)2-3-6(9-4)11-7-10;1-6(2)3(7)4(10)9(8)5(6)11;4-3-1-2-6-5-3/h3-12,14H,13H2,1-2H3;3-9,11H,10H2,1-2H3;3-8H,1-2H3;1-8,10H,9H2;7-8H,1-6H3;2-3,10H,1H3;3H,1-2H3;1-2H,(H2,4,5). The Hall–Kier alpha value is -11.3. The quantitative estimate of drug-likeness (QED) is 0.0173. The predicted molar refractivity (Wildman–Crippen MR) is 572 cm³/mol. The largest absolute Gasteiger partial charge is 0.570 e. The number of carbonyl (C=O) groups excluding carboxylic acids is 2. The summed E-state index contributed by atoms with van der Waals surface area (Å²) in [4.78, 5) is 62.9. The van der Waals surface area contributed by atoms with Crippen LogP contribution < -0.4 is 15.9 Å². The Kier molecular flexibility index (Phi) is 37.6. The molecule has 40 heteroatoms. The molecular formula is C103H95B2Cl8FN13O12S4. The van der Waals surface area contributed by atoms with Crippen LogP contribution in [0.3, 0.4) is 0 Å². The number of nitrogens with two attached hydrogens (primary N) is 1. The summed E-state index contributed by atoms with van der Waals surface area (Å²) in [7, 11) is -1.79. The molecule has 1 radical (unpaired) electrons. The molecule has 7 aromatic heterocycles. The van der Waals surface area contributed by atoms with E-state index in [1.165, 1.54) is 89.7 Å². The minimum Gasteiger partial charge on any atom is -0.523 e. The second-order valence-corrected chi connectivity index (χ2v) is 43.9. The Morgan fingerprint density at radius 1 is 0.490 bits per heavy atom. The lowest BCUT2D eigenvalue weighted by Gasteiger charge is -2.32. The summed E-state index contributed by atoms with van der Waals surface area (Å²) >= 11 is 45.4. The second-order valence-electron chi connectivity index (χ2n) is 34.5. The first-order chi connectivity index (χ1) is 67.7. The van der Waals surface area contributed by atoms with Gasteiger partial charge in [0.15, 0.2) is 21.5 Å². The van der Waals surface area contributed by atoms with Gasteiger partial charge in [0.25, 0.3) is 20.9 Å². The number of rotatable bonds is 16. The average molecular weight is 2160 g/mol. The Balaban J connectivity index is 0.000000150. The average Bonchev–Trinajstić information content (AvgIpc) is 1.57. The van der Waals surface area contributed by atoms with E-state index in [9.17, 15) is 30.8 Å². The number of sulfone groups is 1. The Labute approximate surface area is 877 Å². The number of aryl methyl sites for hydroxylation is 9. The van der Waals surface area contributed by atoms with E-state index < -0.39 is 47.3 Å². The van der Waals surface area contributed by atoms with Crippen LogP contribution in [0, 0.1) is 73.5 Å². The Morgan fingerprint density at radius 3 is 1.30 bits per heavy atom. The van der Waals surface area contributed by atoms with E-state index in [1.807, 2.05) is 115 Å². The summed E-state index contributed by atoms with van der Waals surface area (Å²) in [5.41, 5.74) is 24.4. The highest BCUT2D eigenvalue weighted by molar-refractivity contribution is 8.13. The molecule has 2 aliphatic rings. The van der Waals surface area contributed by atoms with E-state index in [0.29, 0.717) is 49.8 Å². The highest BCUT2D eigenvalue weighted by Crippen LogP contribution is 2.42. The number of alkyl halides is 1. The van der Waals surface area contributed by atoms with Gasteiger partial charge in [0.1, 0.15) is 59.9 Å². The van der Waals surface area contributed by atoms with Crippen LogP contribution in [0.2, 0.25) is 25.2 Å². The minimum atomic E-state index is -3.80. The van der Waals surface area contributed by atoms with Crippen molar-refractivity contribution in [1.29, 1.82) is 0 Å². The van der Waals surface area contributed by atoms with E-state index in [-0.39, 0.29) is 45.4 Å². The van der Waals surface area contributed by atoms with Crippen LogP contribution in [0.25, 0.3) is 77.4 Å². The lowest BCUT2D eigenvalue weighted by atomic mass is 9.75. The highest BCUT2D eigenvalue weighted by atomic mass is 35.7. The molecule has 0 saturated carbocycles. The summed E-state index contributed by atoms with van der Waals surface area (Å²) in [6, 6.07) is 64.4. The molecule has 0 aliphatic carbocycles. The summed E-state index contributed by atoms with van der Waals surface area (Å²) in [6.07, 6.45) is 8.76. The first kappa shape index (κ1) is 111. The Bertz CT molecular complexity index is 7710. The number of hydrogen-bond donors (Lipinski definition) is 2. The molecule has 2 saturated heterocycles. The van der Waals surface area contributed by atoms with Gasteiger partial charge in [0.05, 0.1) is 76.9 Å². The summed E-state index contributed by atoms with van der Waals surface area (Å²) < 4.78 is 87.1. The van der Waals surface area contributed by atoms with Gasteiger partial charge >= 0.3 is 14.8 Å². The topological polar surface area (TPSA) is 348 Å². The van der Waals surface area contributed by atoms with Crippen LogP contribution in [0.15, 0.2) is 273 Å². The van der Waals surface area contributed by atoms with Crippen molar-refractivity contribution in [3.8, 4) is 39.7 Å². The number of pyridine rings is 1. The van der Waals surface area contributed by atoms with Crippen LogP contribution >= 0.6 is 116 Å². The van der Waals surface area contributed by atoms with E-state index in [1.54, 1.807) is 62.3 Å². The van der Waals surface area contributed by atoms with Gasteiger partial charge in [0, 0.05) is 120 Å². The third-order valence-corrected chi connectivity index (χ3v) is 31.2. The predicted octanol–water partition coefficient (Wildman–Crippen LogP) is 25.5. The van der Waals surface area contributed by atoms with E-state index in [2.05, 4.69) is 190 Å². The number of nitrogen functional groups attached to an aromatic ring is 1. The smallest absolute Gasteiger partial charge is 0.523 e. The maximum absolute atomic E-state index is 12.7. The molecule has 9 heterocycles. The molecule has 737 valence electrons. The van der Waals surface area contributed by atoms with Crippen LogP contribution in [0.5, 0.6) is 5.88 Å². The van der Waals surface area contributed by atoms with Gasteiger partial charge in [-0.05, 0) is 286 Å². The molecule has 19 rings (SSSR count). The third-order valence-electron chi connectivity index (χ3n) is 23.1. The van der Waals surface area contributed by atoms with Gasteiger partial charge in [-0.3, -0.25) is 9.59 Å². The van der Waals surface area contributed by atoms with E-state index in [4.69, 9.17) is 117 Å². The first-order valence-electron chi connectivity index (χ1n) is 43.8. The van der Waals surface area contributed by atoms with Crippen molar-refractivity contribution in [1.82, 2.24) is 59.6 Å². The number of aromatic nitrogens is 11. The van der Waals surface area contributed by atoms with Crippen molar-refractivity contribution in [2.45, 2.75) is 157 Å². The van der Waals surface area contributed by atoms with Crippen molar-refractivity contribution in [2.24, 2.45) is 5.41 Å². The van der Waals surface area contributed by atoms with Crippen molar-refractivity contribution in [3.05, 3.63) is 342 Å². The monoisotopic (exact) mass is 2150 g/mol. The molecule has 10 aromatic carbocycles. The molecule has 2 aliphatic heterocycles. The Morgan fingerprint density at radius 2 is 0.902 bits per heavy atom. The summed E-state index contributed by atoms with van der Waals surface area (Å²) in [5, 5.41) is 21.3. The summed E-state index contributed by atoms with van der Waals surface area (Å²) in [6.45, 7) is 28.8. The number of fused-ring (bicyclic) bond motifs is 4. The van der Waals surface area contributed by atoms with Gasteiger partial charge in [-0.2, -0.15) is 4.42 Å². The van der Waals surface area contributed by atoms with Crippen molar-refractivity contribution >= 4 is 216 Å². The van der Waals surface area contributed by atoms with Gasteiger partial charge in [-0.15, -0.1) is 35.1 Å². The molecule has 0 bridgehead atoms.